The van der Waals surface area contributed by atoms with E-state index in [-0.39, 0.29) is 30.2 Å². The second kappa shape index (κ2) is 12.0. The van der Waals surface area contributed by atoms with E-state index in [2.05, 4.69) is 16.4 Å². The lowest BCUT2D eigenvalue weighted by Crippen LogP contribution is -2.61. The quantitative estimate of drug-likeness (QED) is 0.130. The van der Waals surface area contributed by atoms with Crippen LogP contribution in [0.5, 0.6) is 5.75 Å². The van der Waals surface area contributed by atoms with Gasteiger partial charge in [-0.25, -0.2) is 9.07 Å². The molecule has 0 radical (unpaired) electrons. The highest BCUT2D eigenvalue weighted by atomic mass is 19.1. The Morgan fingerprint density at radius 1 is 1.00 bits per heavy atom. The minimum absolute atomic E-state index is 0.0820. The third kappa shape index (κ3) is 5.88. The first kappa shape index (κ1) is 26.8. The molecule has 4 aromatic rings. The average molecular weight is 559 g/mol. The van der Waals surface area contributed by atoms with Gasteiger partial charge in [0.1, 0.15) is 23.9 Å². The van der Waals surface area contributed by atoms with Gasteiger partial charge in [-0.2, -0.15) is 0 Å². The lowest BCUT2D eigenvalue weighted by molar-refractivity contribution is -0.128. The molecule has 1 aliphatic heterocycles. The molecule has 0 saturated carbocycles. The van der Waals surface area contributed by atoms with E-state index in [0.29, 0.717) is 22.7 Å². The third-order valence-electron chi connectivity index (χ3n) is 7.10. The maximum Gasteiger partial charge on any atom is 0.255 e. The van der Waals surface area contributed by atoms with Crippen molar-refractivity contribution < 1.29 is 18.7 Å². The van der Waals surface area contributed by atoms with Gasteiger partial charge in [-0.1, -0.05) is 72.0 Å². The van der Waals surface area contributed by atoms with Crippen molar-refractivity contribution in [2.75, 3.05) is 4.90 Å². The molecule has 8 heteroatoms. The molecule has 1 amide bonds. The maximum atomic E-state index is 13.5. The summed E-state index contributed by atoms with van der Waals surface area (Å²) in [7, 11) is 0. The number of β-lactam (4-membered cyclic amide) rings is 1. The van der Waals surface area contributed by atoms with Crippen molar-refractivity contribution in [2.24, 2.45) is 0 Å². The van der Waals surface area contributed by atoms with Crippen molar-refractivity contribution >= 4 is 23.5 Å². The van der Waals surface area contributed by atoms with Crippen LogP contribution in [0.1, 0.15) is 34.1 Å². The molecule has 1 aliphatic carbocycles. The number of hydrogen-bond acceptors (Lipinski definition) is 5. The van der Waals surface area contributed by atoms with E-state index in [1.807, 2.05) is 60.7 Å². The van der Waals surface area contributed by atoms with Gasteiger partial charge in [0.15, 0.2) is 11.8 Å². The predicted octanol–water partition coefficient (Wildman–Crippen LogP) is 6.29. The minimum Gasteiger partial charge on any atom is -0.487 e. The number of carbonyl (C=O) groups excluding carboxylic acids is 2. The van der Waals surface area contributed by atoms with E-state index in [1.165, 1.54) is 12.1 Å². The molecule has 208 valence electrons. The van der Waals surface area contributed by atoms with Crippen molar-refractivity contribution in [2.45, 2.75) is 25.1 Å². The minimum atomic E-state index is -0.606. The van der Waals surface area contributed by atoms with Crippen molar-refractivity contribution in [3.63, 3.8) is 0 Å². The Hall–Kier alpha value is -5.37. The smallest absolute Gasteiger partial charge is 0.255 e. The van der Waals surface area contributed by atoms with Gasteiger partial charge in [0.25, 0.3) is 5.91 Å². The molecule has 0 bridgehead atoms. The van der Waals surface area contributed by atoms with E-state index in [4.69, 9.17) is 4.74 Å². The summed E-state index contributed by atoms with van der Waals surface area (Å²) in [5.41, 5.74) is 3.75. The molecule has 1 saturated heterocycles. The zero-order chi connectivity index (χ0) is 28.9. The monoisotopic (exact) mass is 558 g/mol. The van der Waals surface area contributed by atoms with Crippen LogP contribution in [0.2, 0.25) is 0 Å². The number of ketones is 1. The molecular weight excluding hydrogens is 531 g/mol. The number of anilines is 1. The Morgan fingerprint density at radius 2 is 1.79 bits per heavy atom. The van der Waals surface area contributed by atoms with E-state index >= 15 is 0 Å². The highest BCUT2D eigenvalue weighted by Gasteiger charge is 2.48. The zero-order valence-electron chi connectivity index (χ0n) is 22.6. The topological polar surface area (TPSA) is 77.3 Å². The van der Waals surface area contributed by atoms with Crippen LogP contribution in [0.3, 0.4) is 0 Å². The first-order valence-corrected chi connectivity index (χ1v) is 13.6. The summed E-state index contributed by atoms with van der Waals surface area (Å²) >= 11 is 0. The molecule has 0 spiro atoms. The molecule has 7 nitrogen and oxygen atoms in total. The third-order valence-corrected chi connectivity index (χ3v) is 7.10. The van der Waals surface area contributed by atoms with Gasteiger partial charge in [-0.15, -0.1) is 5.10 Å². The Balaban J connectivity index is 1.12. The summed E-state index contributed by atoms with van der Waals surface area (Å²) in [5.74, 6) is -0.0384. The summed E-state index contributed by atoms with van der Waals surface area (Å²) in [6.45, 7) is 0.140. The van der Waals surface area contributed by atoms with Gasteiger partial charge in [-0.3, -0.25) is 9.59 Å². The lowest BCUT2D eigenvalue weighted by Gasteiger charge is -2.45. The van der Waals surface area contributed by atoms with Crippen molar-refractivity contribution in [1.29, 1.82) is 0 Å². The van der Waals surface area contributed by atoms with E-state index in [1.54, 1.807) is 58.3 Å². The molecule has 2 aliphatic rings. The van der Waals surface area contributed by atoms with Crippen molar-refractivity contribution in [3.8, 4) is 5.75 Å². The van der Waals surface area contributed by atoms with Gasteiger partial charge in [-0.05, 0) is 72.2 Å². The fourth-order valence-electron chi connectivity index (χ4n) is 4.89. The molecule has 42 heavy (non-hydrogen) atoms. The van der Waals surface area contributed by atoms with Crippen LogP contribution in [-0.2, 0) is 11.4 Å². The zero-order valence-corrected chi connectivity index (χ0v) is 22.6. The lowest BCUT2D eigenvalue weighted by atomic mass is 9.92. The number of carbonyl (C=O) groups is 2. The van der Waals surface area contributed by atoms with Crippen LogP contribution < -0.4 is 9.64 Å². The Kier molecular flexibility index (Phi) is 7.68. The number of aromatic nitrogens is 3. The molecule has 1 unspecified atom stereocenters. The van der Waals surface area contributed by atoms with Crippen LogP contribution in [0.15, 0.2) is 127 Å². The van der Waals surface area contributed by atoms with Crippen LogP contribution in [0.4, 0.5) is 10.1 Å². The van der Waals surface area contributed by atoms with Crippen LogP contribution >= 0.6 is 0 Å². The normalized spacial score (nSPS) is 18.1. The first-order valence-electron chi connectivity index (χ1n) is 13.6. The van der Waals surface area contributed by atoms with Gasteiger partial charge in [0.05, 0.1) is 12.2 Å². The summed E-state index contributed by atoms with van der Waals surface area (Å²) in [6, 6.07) is 21.6. The van der Waals surface area contributed by atoms with Gasteiger partial charge in [0.2, 0.25) is 0 Å². The molecular formula is C34H27FN4O3. The summed E-state index contributed by atoms with van der Waals surface area (Å²) in [6.07, 6.45) is 16.0. The number of rotatable bonds is 10. The van der Waals surface area contributed by atoms with E-state index < -0.39 is 6.04 Å². The van der Waals surface area contributed by atoms with Crippen LogP contribution in [0, 0.1) is 5.82 Å². The SMILES string of the molecule is O=C(/C=C/C1=CCC=C1)c1ccc(OCc2cn(C3C(=O)N(c4ccc(F)cc4)[C@@H]3/C=C/c3ccccc3)nn2)cc1. The first-order chi connectivity index (χ1) is 20.5. The average Bonchev–Trinajstić information content (AvgIpc) is 3.71. The highest BCUT2D eigenvalue weighted by Crippen LogP contribution is 2.37. The highest BCUT2D eigenvalue weighted by molar-refractivity contribution is 6.05. The molecule has 1 fully saturated rings. The van der Waals surface area contributed by atoms with E-state index in [0.717, 1.165) is 17.6 Å². The fourth-order valence-corrected chi connectivity index (χ4v) is 4.89. The summed E-state index contributed by atoms with van der Waals surface area (Å²) in [5, 5.41) is 8.43. The molecule has 0 N–H and O–H groups in total. The maximum absolute atomic E-state index is 13.5. The van der Waals surface area contributed by atoms with Crippen molar-refractivity contribution in [3.05, 3.63) is 150 Å². The molecule has 2 heterocycles. The Labute approximate surface area is 242 Å². The van der Waals surface area contributed by atoms with Gasteiger partial charge >= 0.3 is 0 Å². The summed E-state index contributed by atoms with van der Waals surface area (Å²) < 4.78 is 21.0. The molecule has 1 aromatic heterocycles. The number of amides is 1. The Morgan fingerprint density at radius 3 is 2.52 bits per heavy atom. The molecule has 6 rings (SSSR count). The van der Waals surface area contributed by atoms with Gasteiger partial charge < -0.3 is 9.64 Å². The molecule has 2 atom stereocenters. The standard InChI is InChI=1S/C34H27FN4O3/c35-27-14-16-29(17-15-27)39-31(20-10-24-6-2-1-3-7-24)33(34(39)41)38-22-28(36-37-38)23-42-30-18-12-26(13-19-30)32(40)21-11-25-8-4-5-9-25/h1-4,6-22,31,33H,5,23H2/b20-10+,21-11+/t31-,33?/m1/s1. The second-order valence-corrected chi connectivity index (χ2v) is 9.93. The number of hydrogen-bond donors (Lipinski definition) is 0. The Bertz CT molecular complexity index is 1700. The number of ether oxygens (including phenoxy) is 1. The van der Waals surface area contributed by atoms with Crippen LogP contribution in [-0.4, -0.2) is 32.7 Å². The number of allylic oxidation sites excluding steroid dienone is 6. The largest absolute Gasteiger partial charge is 0.487 e. The van der Waals surface area contributed by atoms with Crippen molar-refractivity contribution in [1.82, 2.24) is 15.0 Å². The summed E-state index contributed by atoms with van der Waals surface area (Å²) in [4.78, 5) is 27.4. The molecule has 3 aromatic carbocycles. The van der Waals surface area contributed by atoms with E-state index in [9.17, 15) is 14.0 Å². The number of nitrogens with zero attached hydrogens (tertiary/aromatic N) is 4. The van der Waals surface area contributed by atoms with Crippen LogP contribution in [0.25, 0.3) is 6.08 Å². The van der Waals surface area contributed by atoms with Gasteiger partial charge in [0, 0.05) is 11.3 Å². The second-order valence-electron chi connectivity index (χ2n) is 9.93. The fraction of sp³-hybridized carbons (Fsp3) is 0.118. The number of halogens is 1. The number of benzene rings is 3. The predicted molar refractivity (Wildman–Crippen MR) is 158 cm³/mol.